The molecule has 0 bridgehead atoms. The van der Waals surface area contributed by atoms with Gasteiger partial charge in [-0.05, 0) is 43.3 Å². The molecule has 1 atom stereocenters. The number of nitrogens with one attached hydrogen (secondary N) is 2. The molecule has 29 heavy (non-hydrogen) atoms. The van der Waals surface area contributed by atoms with E-state index in [0.717, 1.165) is 12.1 Å². The van der Waals surface area contributed by atoms with E-state index < -0.39 is 35.5 Å². The Morgan fingerprint density at radius 2 is 1.76 bits per heavy atom. The topological polar surface area (TPSA) is 93.7 Å². The second kappa shape index (κ2) is 10.2. The molecule has 7 nitrogen and oxygen atoms in total. The lowest BCUT2D eigenvalue weighted by Crippen LogP contribution is -2.32. The van der Waals surface area contributed by atoms with E-state index in [0.29, 0.717) is 17.5 Å². The molecule has 1 unspecified atom stereocenters. The summed E-state index contributed by atoms with van der Waals surface area (Å²) in [5.41, 5.74) is 0.166. The van der Waals surface area contributed by atoms with Gasteiger partial charge in [-0.25, -0.2) is 8.78 Å². The van der Waals surface area contributed by atoms with Crippen molar-refractivity contribution in [3.63, 3.8) is 0 Å². The minimum Gasteiger partial charge on any atom is -0.497 e. The summed E-state index contributed by atoms with van der Waals surface area (Å²) in [5.74, 6) is -3.22. The number of amides is 2. The summed E-state index contributed by atoms with van der Waals surface area (Å²) in [7, 11) is 1.52. The monoisotopic (exact) mass is 406 g/mol. The summed E-state index contributed by atoms with van der Waals surface area (Å²) in [6.07, 6.45) is -1.29. The molecule has 2 N–H and O–H groups in total. The first-order valence-corrected chi connectivity index (χ1v) is 8.68. The molecule has 2 aromatic carbocycles. The van der Waals surface area contributed by atoms with Crippen LogP contribution < -0.4 is 15.4 Å². The van der Waals surface area contributed by atoms with Gasteiger partial charge in [0.2, 0.25) is 0 Å². The van der Waals surface area contributed by atoms with E-state index in [-0.39, 0.29) is 18.5 Å². The Morgan fingerprint density at radius 3 is 2.38 bits per heavy atom. The molecule has 0 fully saturated rings. The van der Waals surface area contributed by atoms with Crippen molar-refractivity contribution in [3.8, 4) is 5.75 Å². The highest BCUT2D eigenvalue weighted by Gasteiger charge is 2.18. The lowest BCUT2D eigenvalue weighted by molar-refractivity contribution is -0.153. The molecule has 0 radical (unpaired) electrons. The van der Waals surface area contributed by atoms with Crippen molar-refractivity contribution in [1.29, 1.82) is 0 Å². The molecule has 2 aromatic rings. The fourth-order valence-corrected chi connectivity index (χ4v) is 2.27. The number of methoxy groups -OCH3 is 1. The molecule has 0 aliphatic heterocycles. The number of halogens is 2. The van der Waals surface area contributed by atoms with Gasteiger partial charge >= 0.3 is 5.97 Å². The van der Waals surface area contributed by atoms with E-state index in [4.69, 9.17) is 9.47 Å². The number of esters is 1. The molecule has 0 saturated carbocycles. The molecule has 0 aliphatic carbocycles. The Morgan fingerprint density at radius 1 is 1.07 bits per heavy atom. The van der Waals surface area contributed by atoms with Gasteiger partial charge in [0.05, 0.1) is 19.1 Å². The number of carbonyl (C=O) groups is 3. The van der Waals surface area contributed by atoms with Gasteiger partial charge in [-0.3, -0.25) is 14.4 Å². The van der Waals surface area contributed by atoms with Gasteiger partial charge in [0, 0.05) is 18.3 Å². The van der Waals surface area contributed by atoms with Gasteiger partial charge in [-0.15, -0.1) is 0 Å². The molecule has 0 aromatic heterocycles. The smallest absolute Gasteiger partial charge is 0.308 e. The van der Waals surface area contributed by atoms with Gasteiger partial charge in [0.15, 0.2) is 6.10 Å². The third-order valence-electron chi connectivity index (χ3n) is 3.83. The van der Waals surface area contributed by atoms with Crippen LogP contribution in [0.5, 0.6) is 5.75 Å². The summed E-state index contributed by atoms with van der Waals surface area (Å²) in [6.45, 7) is 1.27. The SMILES string of the molecule is COc1ccc(NC(=O)C(C)OC(=O)CCNC(=O)c2ccc(F)cc2F)cc1. The average molecular weight is 406 g/mol. The number of rotatable bonds is 8. The standard InChI is InChI=1S/C20H20F2N2O5/c1-12(19(26)24-14-4-6-15(28-2)7-5-14)29-18(25)9-10-23-20(27)16-8-3-13(21)11-17(16)22/h3-8,11-12H,9-10H2,1-2H3,(H,23,27)(H,24,26). The van der Waals surface area contributed by atoms with Crippen LogP contribution in [0.25, 0.3) is 0 Å². The second-order valence-electron chi connectivity index (χ2n) is 5.98. The van der Waals surface area contributed by atoms with Crippen LogP contribution in [0, 0.1) is 11.6 Å². The highest BCUT2D eigenvalue weighted by Crippen LogP contribution is 2.15. The second-order valence-corrected chi connectivity index (χ2v) is 5.98. The summed E-state index contributed by atoms with van der Waals surface area (Å²) in [5, 5.41) is 4.92. The van der Waals surface area contributed by atoms with Crippen LogP contribution in [0.15, 0.2) is 42.5 Å². The third-order valence-corrected chi connectivity index (χ3v) is 3.83. The summed E-state index contributed by atoms with van der Waals surface area (Å²) >= 11 is 0. The minimum atomic E-state index is -1.06. The van der Waals surface area contributed by atoms with Crippen molar-refractivity contribution in [1.82, 2.24) is 5.32 Å². The molecule has 2 amide bonds. The van der Waals surface area contributed by atoms with Crippen molar-refractivity contribution in [3.05, 3.63) is 59.7 Å². The van der Waals surface area contributed by atoms with Gasteiger partial charge < -0.3 is 20.1 Å². The maximum absolute atomic E-state index is 13.5. The van der Waals surface area contributed by atoms with E-state index in [2.05, 4.69) is 10.6 Å². The van der Waals surface area contributed by atoms with E-state index in [9.17, 15) is 23.2 Å². The number of ether oxygens (including phenoxy) is 2. The van der Waals surface area contributed by atoms with Gasteiger partial charge in [-0.2, -0.15) is 0 Å². The van der Waals surface area contributed by atoms with Crippen LogP contribution in [-0.4, -0.2) is 37.5 Å². The summed E-state index contributed by atoms with van der Waals surface area (Å²) in [6, 6.07) is 9.15. The quantitative estimate of drug-likeness (QED) is 0.658. The maximum Gasteiger partial charge on any atom is 0.308 e. The van der Waals surface area contributed by atoms with Crippen molar-refractivity contribution < 1.29 is 32.6 Å². The van der Waals surface area contributed by atoms with Crippen LogP contribution in [0.2, 0.25) is 0 Å². The van der Waals surface area contributed by atoms with E-state index in [1.54, 1.807) is 24.3 Å². The first-order chi connectivity index (χ1) is 13.8. The zero-order valence-corrected chi connectivity index (χ0v) is 15.8. The highest BCUT2D eigenvalue weighted by atomic mass is 19.1. The Labute approximate surface area is 166 Å². The lowest BCUT2D eigenvalue weighted by atomic mass is 10.2. The van der Waals surface area contributed by atoms with E-state index in [1.165, 1.54) is 14.0 Å². The van der Waals surface area contributed by atoms with Crippen molar-refractivity contribution in [2.75, 3.05) is 19.0 Å². The van der Waals surface area contributed by atoms with Crippen molar-refractivity contribution in [2.24, 2.45) is 0 Å². The molecule has 0 spiro atoms. The Kier molecular flexibility index (Phi) is 7.64. The molecule has 0 heterocycles. The van der Waals surface area contributed by atoms with Gasteiger partial charge in [-0.1, -0.05) is 0 Å². The third kappa shape index (κ3) is 6.56. The largest absolute Gasteiger partial charge is 0.497 e. The molecular formula is C20H20F2N2O5. The van der Waals surface area contributed by atoms with Crippen LogP contribution >= 0.6 is 0 Å². The molecule has 9 heteroatoms. The predicted octanol–water partition coefficient (Wildman–Crippen LogP) is 2.66. The first kappa shape index (κ1) is 21.8. The van der Waals surface area contributed by atoms with Crippen molar-refractivity contribution in [2.45, 2.75) is 19.4 Å². The molecule has 154 valence electrons. The normalized spacial score (nSPS) is 11.3. The van der Waals surface area contributed by atoms with Crippen LogP contribution in [0.3, 0.4) is 0 Å². The molecule has 0 aliphatic rings. The van der Waals surface area contributed by atoms with E-state index >= 15 is 0 Å². The van der Waals surface area contributed by atoms with Crippen LogP contribution in [-0.2, 0) is 14.3 Å². The highest BCUT2D eigenvalue weighted by molar-refractivity contribution is 5.95. The fraction of sp³-hybridized carbons (Fsp3) is 0.250. The molecular weight excluding hydrogens is 386 g/mol. The Bertz CT molecular complexity index is 887. The molecule has 2 rings (SSSR count). The van der Waals surface area contributed by atoms with Gasteiger partial charge in [0.25, 0.3) is 11.8 Å². The maximum atomic E-state index is 13.5. The zero-order chi connectivity index (χ0) is 21.4. The van der Waals surface area contributed by atoms with E-state index in [1.807, 2.05) is 0 Å². The van der Waals surface area contributed by atoms with Crippen LogP contribution in [0.1, 0.15) is 23.7 Å². The lowest BCUT2D eigenvalue weighted by Gasteiger charge is -2.14. The summed E-state index contributed by atoms with van der Waals surface area (Å²) in [4.78, 5) is 35.7. The number of hydrogen-bond acceptors (Lipinski definition) is 5. The minimum absolute atomic E-state index is 0.138. The Balaban J connectivity index is 1.76. The number of benzene rings is 2. The van der Waals surface area contributed by atoms with Crippen LogP contribution in [0.4, 0.5) is 14.5 Å². The zero-order valence-electron chi connectivity index (χ0n) is 15.8. The van der Waals surface area contributed by atoms with Gasteiger partial charge in [0.1, 0.15) is 17.4 Å². The number of hydrogen-bond donors (Lipinski definition) is 2. The molecule has 0 saturated heterocycles. The predicted molar refractivity (Wildman–Crippen MR) is 100 cm³/mol. The van der Waals surface area contributed by atoms with Crippen molar-refractivity contribution >= 4 is 23.5 Å². The first-order valence-electron chi connectivity index (χ1n) is 8.68. The number of carbonyl (C=O) groups excluding carboxylic acids is 3. The Hall–Kier alpha value is -3.49. The number of anilines is 1. The fourth-order valence-electron chi connectivity index (χ4n) is 2.27. The summed E-state index contributed by atoms with van der Waals surface area (Å²) < 4.78 is 36.4. The average Bonchev–Trinajstić information content (AvgIpc) is 2.68.